The van der Waals surface area contributed by atoms with Gasteiger partial charge in [-0.15, -0.1) is 0 Å². The molecule has 0 aromatic heterocycles. The fraction of sp³-hybridized carbons (Fsp3) is 0.400. The highest BCUT2D eigenvalue weighted by atomic mass is 16.8. The maximum absolute atomic E-state index is 10.1. The second-order valence-corrected chi connectivity index (χ2v) is 2.91. The van der Waals surface area contributed by atoms with Gasteiger partial charge in [0.15, 0.2) is 12.2 Å². The first-order valence-electron chi connectivity index (χ1n) is 4.57. The van der Waals surface area contributed by atoms with Gasteiger partial charge in [-0.05, 0) is 12.2 Å². The normalized spacial score (nSPS) is 26.5. The van der Waals surface area contributed by atoms with Gasteiger partial charge in [0, 0.05) is 0 Å². The maximum atomic E-state index is 10.1. The molecule has 0 bridgehead atoms. The predicted octanol–water partition coefficient (Wildman–Crippen LogP) is 1.42. The summed E-state index contributed by atoms with van der Waals surface area (Å²) in [5.41, 5.74) is 0. The average molecular weight is 228 g/mol. The molecule has 2 unspecified atom stereocenters. The highest BCUT2D eigenvalue weighted by molar-refractivity contribution is 5.62. The molecule has 0 radical (unpaired) electrons. The monoisotopic (exact) mass is 228 g/mol. The Morgan fingerprint density at radius 2 is 1.31 bits per heavy atom. The van der Waals surface area contributed by atoms with Gasteiger partial charge in [0.25, 0.3) is 0 Å². The summed E-state index contributed by atoms with van der Waals surface area (Å²) in [5, 5.41) is 0. The van der Waals surface area contributed by atoms with Crippen LogP contribution < -0.4 is 0 Å². The third-order valence-corrected chi connectivity index (χ3v) is 1.75. The first-order chi connectivity index (χ1) is 7.65. The van der Waals surface area contributed by atoms with Gasteiger partial charge in [0.2, 0.25) is 0 Å². The Balaban J connectivity index is 0.000000160. The van der Waals surface area contributed by atoms with Crippen molar-refractivity contribution in [3.63, 3.8) is 0 Å². The minimum atomic E-state index is -0.602. The zero-order valence-electron chi connectivity index (χ0n) is 8.59. The third kappa shape index (κ3) is 3.64. The van der Waals surface area contributed by atoms with Gasteiger partial charge in [-0.2, -0.15) is 0 Å². The van der Waals surface area contributed by atoms with E-state index in [-0.39, 0.29) is 12.2 Å². The fourth-order valence-corrected chi connectivity index (χ4v) is 0.916. The highest BCUT2D eigenvalue weighted by Gasteiger charge is 2.21. The number of cyclic esters (lactones) is 4. The molecule has 2 aliphatic heterocycles. The van der Waals surface area contributed by atoms with Crippen molar-refractivity contribution in [2.24, 2.45) is 0 Å². The molecule has 0 saturated carbocycles. The molecule has 2 fully saturated rings. The first kappa shape index (κ1) is 12.1. The summed E-state index contributed by atoms with van der Waals surface area (Å²) in [6.45, 7) is 7.46. The summed E-state index contributed by atoms with van der Waals surface area (Å²) in [6.07, 6.45) is 1.39. The maximum Gasteiger partial charge on any atom is 0.509 e. The number of ether oxygens (including phenoxy) is 4. The van der Waals surface area contributed by atoms with Crippen molar-refractivity contribution in [3.8, 4) is 0 Å². The smallest absolute Gasteiger partial charge is 0.430 e. The SMILES string of the molecule is C=CC1COC(=O)O1.C=CC1COC(=O)O1. The van der Waals surface area contributed by atoms with Crippen molar-refractivity contribution in [1.29, 1.82) is 0 Å². The van der Waals surface area contributed by atoms with E-state index in [1.807, 2.05) is 0 Å². The molecule has 6 nitrogen and oxygen atoms in total. The van der Waals surface area contributed by atoms with Crippen molar-refractivity contribution in [3.05, 3.63) is 25.3 Å². The molecule has 2 saturated heterocycles. The standard InChI is InChI=1S/2C5H6O3/c2*1-2-4-3-7-5(6)8-4/h2*2,4H,1,3H2. The molecule has 6 heteroatoms. The number of hydrogen-bond acceptors (Lipinski definition) is 6. The van der Waals surface area contributed by atoms with Crippen LogP contribution in [0.2, 0.25) is 0 Å². The van der Waals surface area contributed by atoms with E-state index in [1.165, 1.54) is 12.2 Å². The molecule has 16 heavy (non-hydrogen) atoms. The van der Waals surface area contributed by atoms with Gasteiger partial charge in [-0.25, -0.2) is 9.59 Å². The Labute approximate surface area is 92.4 Å². The molecule has 2 atom stereocenters. The van der Waals surface area contributed by atoms with Crippen molar-refractivity contribution >= 4 is 12.3 Å². The van der Waals surface area contributed by atoms with Gasteiger partial charge in [0.05, 0.1) is 0 Å². The summed E-state index contributed by atoms with van der Waals surface area (Å²) >= 11 is 0. The van der Waals surface area contributed by atoms with E-state index in [2.05, 4.69) is 32.1 Å². The van der Waals surface area contributed by atoms with Crippen molar-refractivity contribution in [2.45, 2.75) is 12.2 Å². The largest absolute Gasteiger partial charge is 0.509 e. The van der Waals surface area contributed by atoms with Gasteiger partial charge >= 0.3 is 12.3 Å². The number of hydrogen-bond donors (Lipinski definition) is 0. The number of carbonyl (C=O) groups excluding carboxylic acids is 2. The molecule has 0 aromatic carbocycles. The molecule has 0 amide bonds. The minimum Gasteiger partial charge on any atom is -0.430 e. The Morgan fingerprint density at radius 3 is 1.44 bits per heavy atom. The van der Waals surface area contributed by atoms with Crippen LogP contribution in [-0.2, 0) is 18.9 Å². The zero-order valence-corrected chi connectivity index (χ0v) is 8.59. The van der Waals surface area contributed by atoms with E-state index in [4.69, 9.17) is 0 Å². The average Bonchev–Trinajstić information content (AvgIpc) is 2.88. The molecule has 0 spiro atoms. The molecular formula is C10H12O6. The van der Waals surface area contributed by atoms with Crippen molar-refractivity contribution in [1.82, 2.24) is 0 Å². The number of carbonyl (C=O) groups is 2. The van der Waals surface area contributed by atoms with Crippen LogP contribution in [0.5, 0.6) is 0 Å². The Kier molecular flexibility index (Phi) is 4.38. The van der Waals surface area contributed by atoms with Crippen molar-refractivity contribution in [2.75, 3.05) is 13.2 Å². The van der Waals surface area contributed by atoms with Crippen LogP contribution in [0.1, 0.15) is 0 Å². The van der Waals surface area contributed by atoms with E-state index < -0.39 is 12.3 Å². The predicted molar refractivity (Wildman–Crippen MR) is 52.8 cm³/mol. The second kappa shape index (κ2) is 5.79. The molecule has 2 rings (SSSR count). The van der Waals surface area contributed by atoms with Crippen LogP contribution in [-0.4, -0.2) is 37.7 Å². The van der Waals surface area contributed by atoms with Crippen LogP contribution >= 0.6 is 0 Å². The van der Waals surface area contributed by atoms with Gasteiger partial charge in [-0.3, -0.25) is 0 Å². The molecule has 88 valence electrons. The minimum absolute atomic E-state index is 0.234. The van der Waals surface area contributed by atoms with Gasteiger partial charge < -0.3 is 18.9 Å². The highest BCUT2D eigenvalue weighted by Crippen LogP contribution is 2.05. The molecular weight excluding hydrogens is 216 g/mol. The van der Waals surface area contributed by atoms with Crippen LogP contribution in [0, 0.1) is 0 Å². The lowest BCUT2D eigenvalue weighted by Gasteiger charge is -1.92. The second-order valence-electron chi connectivity index (χ2n) is 2.91. The van der Waals surface area contributed by atoms with E-state index in [0.717, 1.165) is 0 Å². The summed E-state index contributed by atoms with van der Waals surface area (Å²) < 4.78 is 17.9. The molecule has 2 heterocycles. The van der Waals surface area contributed by atoms with Crippen LogP contribution in [0.4, 0.5) is 9.59 Å². The van der Waals surface area contributed by atoms with Gasteiger partial charge in [-0.1, -0.05) is 13.2 Å². The van der Waals surface area contributed by atoms with Crippen molar-refractivity contribution < 1.29 is 28.5 Å². The molecule has 0 N–H and O–H groups in total. The van der Waals surface area contributed by atoms with Crippen LogP contribution in [0.3, 0.4) is 0 Å². The first-order valence-corrected chi connectivity index (χ1v) is 4.57. The fourth-order valence-electron chi connectivity index (χ4n) is 0.916. The van der Waals surface area contributed by atoms with Crippen LogP contribution in [0.15, 0.2) is 25.3 Å². The quantitative estimate of drug-likeness (QED) is 0.525. The third-order valence-electron chi connectivity index (χ3n) is 1.75. The Hall–Kier alpha value is -1.98. The summed E-state index contributed by atoms with van der Waals surface area (Å²) in [7, 11) is 0. The zero-order chi connectivity index (χ0) is 12.0. The van der Waals surface area contributed by atoms with E-state index in [9.17, 15) is 9.59 Å². The van der Waals surface area contributed by atoms with E-state index >= 15 is 0 Å². The topological polar surface area (TPSA) is 71.1 Å². The van der Waals surface area contributed by atoms with E-state index in [0.29, 0.717) is 13.2 Å². The molecule has 2 aliphatic rings. The Morgan fingerprint density at radius 1 is 0.938 bits per heavy atom. The summed E-state index contributed by atoms with van der Waals surface area (Å²) in [4.78, 5) is 20.2. The summed E-state index contributed by atoms with van der Waals surface area (Å²) in [6, 6.07) is 0. The van der Waals surface area contributed by atoms with Crippen LogP contribution in [0.25, 0.3) is 0 Å². The summed E-state index contributed by atoms with van der Waals surface area (Å²) in [5.74, 6) is 0. The lowest BCUT2D eigenvalue weighted by molar-refractivity contribution is 0.124. The number of rotatable bonds is 2. The Bertz CT molecular complexity index is 268. The molecule has 0 aliphatic carbocycles. The lowest BCUT2D eigenvalue weighted by atomic mass is 10.4. The van der Waals surface area contributed by atoms with E-state index in [1.54, 1.807) is 0 Å². The molecule has 0 aromatic rings. The lowest BCUT2D eigenvalue weighted by Crippen LogP contribution is -2.03. The van der Waals surface area contributed by atoms with Gasteiger partial charge in [0.1, 0.15) is 13.2 Å².